The van der Waals surface area contributed by atoms with E-state index < -0.39 is 15.6 Å². The van der Waals surface area contributed by atoms with E-state index in [1.165, 1.54) is 12.1 Å². The highest BCUT2D eigenvalue weighted by atomic mass is 79.9. The minimum atomic E-state index is -4.55. The molecule has 0 spiro atoms. The lowest BCUT2D eigenvalue weighted by atomic mass is 9.96. The molecule has 6 heteroatoms. The number of hydrogen-bond donors (Lipinski definition) is 0. The molecule has 102 valence electrons. The molecule has 2 unspecified atom stereocenters. The van der Waals surface area contributed by atoms with Gasteiger partial charge in [-0.1, -0.05) is 48.0 Å². The molecule has 0 radical (unpaired) electrons. The molecule has 0 aromatic heterocycles. The Labute approximate surface area is 114 Å². The summed E-state index contributed by atoms with van der Waals surface area (Å²) in [5, 5.41) is 0. The predicted octanol–water partition coefficient (Wildman–Crippen LogP) is 3.96. The van der Waals surface area contributed by atoms with E-state index in [9.17, 15) is 17.2 Å². The summed E-state index contributed by atoms with van der Waals surface area (Å²) in [6.07, 6.45) is 0.782. The molecule has 1 aromatic rings. The quantitative estimate of drug-likeness (QED) is 0.760. The monoisotopic (exact) mass is 340 g/mol. The minimum Gasteiger partial charge on any atom is -0.218 e. The summed E-state index contributed by atoms with van der Waals surface area (Å²) in [6.45, 7) is 3.77. The second kappa shape index (κ2) is 6.10. The van der Waals surface area contributed by atoms with Crippen molar-refractivity contribution in [2.75, 3.05) is 0 Å². The van der Waals surface area contributed by atoms with Crippen LogP contribution in [0, 0.1) is 0 Å². The maximum Gasteiger partial charge on any atom is 0.341 e. The summed E-state index contributed by atoms with van der Waals surface area (Å²) in [5.41, 5.74) is 0.432. The van der Waals surface area contributed by atoms with Crippen molar-refractivity contribution in [2.45, 2.75) is 41.7 Å². The van der Waals surface area contributed by atoms with Crippen LogP contribution in [-0.4, -0.2) is 19.0 Å². The zero-order valence-electron chi connectivity index (χ0n) is 10.1. The van der Waals surface area contributed by atoms with Crippen molar-refractivity contribution in [3.05, 3.63) is 29.8 Å². The highest BCUT2D eigenvalue weighted by molar-refractivity contribution is 9.09. The molecule has 18 heavy (non-hydrogen) atoms. The summed E-state index contributed by atoms with van der Waals surface area (Å²) in [6, 6.07) is 5.94. The molecule has 2 nitrogen and oxygen atoms in total. The lowest BCUT2D eigenvalue weighted by molar-refractivity contribution is 0.234. The summed E-state index contributed by atoms with van der Waals surface area (Å²) in [4.78, 5) is -0.225. The summed E-state index contributed by atoms with van der Waals surface area (Å²) in [5.74, 6) is -3.54. The van der Waals surface area contributed by atoms with Gasteiger partial charge in [-0.3, -0.25) is 0 Å². The van der Waals surface area contributed by atoms with Gasteiger partial charge in [0.2, 0.25) is 9.84 Å². The fourth-order valence-corrected chi connectivity index (χ4v) is 3.09. The largest absolute Gasteiger partial charge is 0.341 e. The molecular weight excluding hydrogens is 326 g/mol. The number of benzene rings is 1. The Morgan fingerprint density at radius 2 is 1.83 bits per heavy atom. The molecule has 0 saturated heterocycles. The Bertz CT molecular complexity index is 503. The van der Waals surface area contributed by atoms with Gasteiger partial charge in [0.25, 0.3) is 0 Å². The highest BCUT2D eigenvalue weighted by Gasteiger charge is 2.31. The van der Waals surface area contributed by atoms with Crippen molar-refractivity contribution < 1.29 is 17.2 Å². The first kappa shape index (κ1) is 15.6. The van der Waals surface area contributed by atoms with Gasteiger partial charge in [0.1, 0.15) is 0 Å². The topological polar surface area (TPSA) is 34.1 Å². The van der Waals surface area contributed by atoms with E-state index in [2.05, 4.69) is 15.9 Å². The third-order valence-electron chi connectivity index (χ3n) is 2.88. The predicted molar refractivity (Wildman–Crippen MR) is 71.1 cm³/mol. The van der Waals surface area contributed by atoms with Crippen LogP contribution in [0.1, 0.15) is 31.7 Å². The Balaban J connectivity index is 3.32. The maximum absolute atomic E-state index is 12.6. The van der Waals surface area contributed by atoms with Crippen LogP contribution >= 0.6 is 15.9 Å². The molecule has 0 amide bonds. The van der Waals surface area contributed by atoms with Gasteiger partial charge in [-0.05, 0) is 24.0 Å². The smallest absolute Gasteiger partial charge is 0.218 e. The second-order valence-corrected chi connectivity index (χ2v) is 7.12. The first-order valence-corrected chi connectivity index (χ1v) is 8.03. The molecule has 0 bridgehead atoms. The fraction of sp³-hybridized carbons (Fsp3) is 0.500. The second-order valence-electron chi connectivity index (χ2n) is 4.06. The van der Waals surface area contributed by atoms with Crippen LogP contribution in [0.5, 0.6) is 0 Å². The van der Waals surface area contributed by atoms with Crippen molar-refractivity contribution in [1.82, 2.24) is 0 Å². The summed E-state index contributed by atoms with van der Waals surface area (Å²) < 4.78 is 48.5. The van der Waals surface area contributed by atoms with Crippen LogP contribution in [0.4, 0.5) is 8.78 Å². The molecule has 0 heterocycles. The standard InChI is InChI=1S/C12H15BrF2O2S/c1-3-10(13)8(2)9-6-4-5-7-11(9)18(16,17)12(14)15/h4-8,10,12H,3H2,1-2H3. The number of hydrogen-bond acceptors (Lipinski definition) is 2. The maximum atomic E-state index is 12.6. The number of sulfone groups is 1. The average molecular weight is 341 g/mol. The Morgan fingerprint density at radius 1 is 1.28 bits per heavy atom. The van der Waals surface area contributed by atoms with Gasteiger partial charge in [-0.25, -0.2) is 8.42 Å². The van der Waals surface area contributed by atoms with Crippen LogP contribution in [0.15, 0.2) is 29.2 Å². The summed E-state index contributed by atoms with van der Waals surface area (Å²) in [7, 11) is -4.55. The van der Waals surface area contributed by atoms with Gasteiger partial charge in [-0.2, -0.15) is 8.78 Å². The van der Waals surface area contributed by atoms with Gasteiger partial charge in [0.05, 0.1) is 4.90 Å². The highest BCUT2D eigenvalue weighted by Crippen LogP contribution is 2.33. The van der Waals surface area contributed by atoms with Gasteiger partial charge in [-0.15, -0.1) is 0 Å². The molecule has 0 fully saturated rings. The SMILES string of the molecule is CCC(Br)C(C)c1ccccc1S(=O)(=O)C(F)F. The Morgan fingerprint density at radius 3 is 2.33 bits per heavy atom. The first-order valence-electron chi connectivity index (χ1n) is 5.57. The molecule has 0 saturated carbocycles. The van der Waals surface area contributed by atoms with Crippen molar-refractivity contribution in [3.63, 3.8) is 0 Å². The molecule has 2 atom stereocenters. The number of rotatable bonds is 5. The van der Waals surface area contributed by atoms with E-state index in [4.69, 9.17) is 0 Å². The molecule has 0 aliphatic carbocycles. The Hall–Kier alpha value is -0.490. The van der Waals surface area contributed by atoms with Crippen molar-refractivity contribution in [1.29, 1.82) is 0 Å². The van der Waals surface area contributed by atoms with Crippen molar-refractivity contribution >= 4 is 25.8 Å². The van der Waals surface area contributed by atoms with Gasteiger partial charge in [0, 0.05) is 4.83 Å². The van der Waals surface area contributed by atoms with Gasteiger partial charge >= 0.3 is 5.76 Å². The summed E-state index contributed by atoms with van der Waals surface area (Å²) >= 11 is 3.43. The molecule has 0 N–H and O–H groups in total. The van der Waals surface area contributed by atoms with Gasteiger partial charge in [0.15, 0.2) is 0 Å². The van der Waals surface area contributed by atoms with Gasteiger partial charge < -0.3 is 0 Å². The lowest BCUT2D eigenvalue weighted by Crippen LogP contribution is -2.17. The zero-order valence-corrected chi connectivity index (χ0v) is 12.5. The third-order valence-corrected chi connectivity index (χ3v) is 5.78. The molecular formula is C12H15BrF2O2S. The van der Waals surface area contributed by atoms with E-state index >= 15 is 0 Å². The van der Waals surface area contributed by atoms with Crippen LogP contribution in [-0.2, 0) is 9.84 Å². The molecule has 1 aromatic carbocycles. The fourth-order valence-electron chi connectivity index (χ4n) is 1.76. The van der Waals surface area contributed by atoms with E-state index in [1.807, 2.05) is 13.8 Å². The van der Waals surface area contributed by atoms with E-state index in [0.29, 0.717) is 5.56 Å². The van der Waals surface area contributed by atoms with Crippen LogP contribution in [0.3, 0.4) is 0 Å². The minimum absolute atomic E-state index is 0.0477. The number of alkyl halides is 3. The van der Waals surface area contributed by atoms with Crippen molar-refractivity contribution in [2.24, 2.45) is 0 Å². The molecule has 1 rings (SSSR count). The van der Waals surface area contributed by atoms with E-state index in [1.54, 1.807) is 12.1 Å². The molecule has 0 aliphatic heterocycles. The van der Waals surface area contributed by atoms with E-state index in [-0.39, 0.29) is 15.6 Å². The van der Waals surface area contributed by atoms with Crippen LogP contribution < -0.4 is 0 Å². The average Bonchev–Trinajstić information content (AvgIpc) is 2.36. The normalized spacial score (nSPS) is 15.7. The lowest BCUT2D eigenvalue weighted by Gasteiger charge is -2.20. The van der Waals surface area contributed by atoms with Crippen LogP contribution in [0.2, 0.25) is 0 Å². The molecule has 0 aliphatic rings. The third kappa shape index (κ3) is 3.09. The van der Waals surface area contributed by atoms with E-state index in [0.717, 1.165) is 6.42 Å². The van der Waals surface area contributed by atoms with Crippen LogP contribution in [0.25, 0.3) is 0 Å². The zero-order chi connectivity index (χ0) is 13.9. The number of halogens is 3. The first-order chi connectivity index (χ1) is 8.32. The Kier molecular flexibility index (Phi) is 5.28. The van der Waals surface area contributed by atoms with Crippen molar-refractivity contribution in [3.8, 4) is 0 Å².